The van der Waals surface area contributed by atoms with Crippen LogP contribution in [0, 0.1) is 11.8 Å². The van der Waals surface area contributed by atoms with Gasteiger partial charge in [-0.3, -0.25) is 4.79 Å². The summed E-state index contributed by atoms with van der Waals surface area (Å²) < 4.78 is 42.3. The highest BCUT2D eigenvalue weighted by Gasteiger charge is 2.53. The zero-order valence-electron chi connectivity index (χ0n) is 27.4. The average Bonchev–Trinajstić information content (AvgIpc) is 3.85. The van der Waals surface area contributed by atoms with Crippen molar-refractivity contribution in [2.24, 2.45) is 11.8 Å². The van der Waals surface area contributed by atoms with Crippen LogP contribution in [0.1, 0.15) is 67.1 Å². The van der Waals surface area contributed by atoms with Crippen molar-refractivity contribution in [3.8, 4) is 34.5 Å². The zero-order valence-corrected chi connectivity index (χ0v) is 27.4. The molecule has 0 N–H and O–H groups in total. The van der Waals surface area contributed by atoms with Gasteiger partial charge in [-0.25, -0.2) is 4.68 Å². The Labute approximate surface area is 273 Å². The highest BCUT2D eigenvalue weighted by Crippen LogP contribution is 2.56. The lowest BCUT2D eigenvalue weighted by Crippen LogP contribution is -2.37. The van der Waals surface area contributed by atoms with Gasteiger partial charge in [0, 0.05) is 11.8 Å². The maximum atomic E-state index is 13.6. The van der Waals surface area contributed by atoms with Crippen molar-refractivity contribution in [3.05, 3.63) is 82.7 Å². The van der Waals surface area contributed by atoms with E-state index in [2.05, 4.69) is 43.2 Å². The minimum atomic E-state index is -0.523. The number of esters is 1. The molecule has 1 aliphatic carbocycles. The van der Waals surface area contributed by atoms with Gasteiger partial charge in [0.2, 0.25) is 12.5 Å². The molecule has 11 nitrogen and oxygen atoms in total. The Morgan fingerprint density at radius 2 is 1.60 bits per heavy atom. The molecule has 7 rings (SSSR count). The summed E-state index contributed by atoms with van der Waals surface area (Å²) in [5.41, 5.74) is 4.70. The van der Waals surface area contributed by atoms with Crippen molar-refractivity contribution in [1.82, 2.24) is 15.0 Å². The first-order valence-corrected chi connectivity index (χ1v) is 15.8. The quantitative estimate of drug-likeness (QED) is 0.196. The molecule has 0 unspecified atom stereocenters. The fourth-order valence-corrected chi connectivity index (χ4v) is 7.03. The van der Waals surface area contributed by atoms with Gasteiger partial charge in [0.05, 0.1) is 46.1 Å². The van der Waals surface area contributed by atoms with E-state index in [1.807, 2.05) is 47.3 Å². The zero-order chi connectivity index (χ0) is 32.9. The number of nitrogens with zero attached hydrogens (tertiary/aromatic N) is 3. The predicted molar refractivity (Wildman–Crippen MR) is 171 cm³/mol. The minimum Gasteiger partial charge on any atom is -0.493 e. The molecule has 0 spiro atoms. The molecule has 47 heavy (non-hydrogen) atoms. The molecule has 3 heterocycles. The molecular formula is C36H39N3O8. The molecular weight excluding hydrogens is 602 g/mol. The van der Waals surface area contributed by atoms with Gasteiger partial charge in [-0.15, -0.1) is 5.10 Å². The van der Waals surface area contributed by atoms with Gasteiger partial charge in [-0.2, -0.15) is 0 Å². The summed E-state index contributed by atoms with van der Waals surface area (Å²) in [6.45, 7) is 7.26. The number of benzene rings is 3. The summed E-state index contributed by atoms with van der Waals surface area (Å²) in [4.78, 5) is 13.6. The van der Waals surface area contributed by atoms with E-state index in [1.54, 1.807) is 21.3 Å². The van der Waals surface area contributed by atoms with Gasteiger partial charge >= 0.3 is 5.97 Å². The molecule has 246 valence electrons. The number of fused-ring (bicyclic) bond motifs is 3. The average molecular weight is 642 g/mol. The molecule has 0 amide bonds. The Morgan fingerprint density at radius 1 is 0.915 bits per heavy atom. The van der Waals surface area contributed by atoms with E-state index >= 15 is 0 Å². The minimum absolute atomic E-state index is 0.0997. The normalized spacial score (nSPS) is 21.1. The molecule has 1 fully saturated rings. The van der Waals surface area contributed by atoms with Crippen LogP contribution in [-0.2, 0) is 21.6 Å². The highest BCUT2D eigenvalue weighted by molar-refractivity contribution is 5.79. The summed E-state index contributed by atoms with van der Waals surface area (Å²) in [5.74, 6) is 2.05. The molecule has 0 radical (unpaired) electrons. The second-order valence-electron chi connectivity index (χ2n) is 12.8. The Kier molecular flexibility index (Phi) is 7.85. The number of ether oxygens (including phenoxy) is 7. The molecule has 11 heteroatoms. The number of carbonyl (C=O) groups is 1. The Morgan fingerprint density at radius 3 is 2.23 bits per heavy atom. The van der Waals surface area contributed by atoms with Crippen LogP contribution >= 0.6 is 0 Å². The lowest BCUT2D eigenvalue weighted by molar-refractivity contribution is -0.141. The smallest absolute Gasteiger partial charge is 0.310 e. The largest absolute Gasteiger partial charge is 0.493 e. The fourth-order valence-electron chi connectivity index (χ4n) is 7.03. The maximum absolute atomic E-state index is 13.6. The van der Waals surface area contributed by atoms with Crippen molar-refractivity contribution in [1.29, 1.82) is 0 Å². The van der Waals surface area contributed by atoms with E-state index in [9.17, 15) is 4.79 Å². The van der Waals surface area contributed by atoms with Crippen LogP contribution in [0.5, 0.6) is 34.5 Å². The summed E-state index contributed by atoms with van der Waals surface area (Å²) >= 11 is 0. The van der Waals surface area contributed by atoms with Gasteiger partial charge in [0.25, 0.3) is 0 Å². The number of cyclic esters (lactones) is 1. The summed E-state index contributed by atoms with van der Waals surface area (Å²) in [6.07, 6.45) is 2.93. The van der Waals surface area contributed by atoms with Crippen LogP contribution in [0.2, 0.25) is 0 Å². The Bertz CT molecular complexity index is 1780. The number of carbonyl (C=O) groups excluding carboxylic acids is 1. The first-order valence-electron chi connectivity index (χ1n) is 15.8. The highest BCUT2D eigenvalue weighted by atomic mass is 16.7. The standard InChI is InChI=1S/C36H39N3O8/c1-7-36(2,3)21-8-10-23(11-9-21)44-17-22-16-39(38-37-22)33-25-15-28-27(46-19-47-28)14-24(25)31(32-26(33)18-45-35(32)40)20-12-29(41-4)34(43-6)30(13-20)42-5/h8-16,26,31-33H,7,17-19H2,1-6H3/t26-,31+,32-,33-/m0/s1. The first kappa shape index (κ1) is 30.7. The van der Waals surface area contributed by atoms with Gasteiger partial charge in [0.1, 0.15) is 18.1 Å². The Hall–Kier alpha value is -4.93. The van der Waals surface area contributed by atoms with Crippen molar-refractivity contribution in [2.75, 3.05) is 34.7 Å². The molecule has 3 aliphatic rings. The van der Waals surface area contributed by atoms with Crippen molar-refractivity contribution < 1.29 is 38.0 Å². The number of methoxy groups -OCH3 is 3. The van der Waals surface area contributed by atoms with Crippen LogP contribution in [0.15, 0.2) is 54.7 Å². The van der Waals surface area contributed by atoms with Crippen LogP contribution in [-0.4, -0.2) is 55.7 Å². The molecule has 4 aromatic rings. The van der Waals surface area contributed by atoms with Crippen LogP contribution in [0.3, 0.4) is 0 Å². The van der Waals surface area contributed by atoms with Crippen LogP contribution < -0.4 is 28.4 Å². The first-order chi connectivity index (χ1) is 22.8. The third-order valence-corrected chi connectivity index (χ3v) is 9.94. The fraction of sp³-hybridized carbons (Fsp3) is 0.417. The molecule has 0 saturated carbocycles. The second-order valence-corrected chi connectivity index (χ2v) is 12.8. The molecule has 2 aliphatic heterocycles. The predicted octanol–water partition coefficient (Wildman–Crippen LogP) is 5.82. The molecule has 1 aromatic heterocycles. The van der Waals surface area contributed by atoms with Crippen LogP contribution in [0.4, 0.5) is 0 Å². The van der Waals surface area contributed by atoms with Crippen molar-refractivity contribution >= 4 is 5.97 Å². The number of rotatable bonds is 10. The van der Waals surface area contributed by atoms with Gasteiger partial charge in [0.15, 0.2) is 23.0 Å². The number of hydrogen-bond acceptors (Lipinski definition) is 10. The second kappa shape index (κ2) is 12.0. The molecule has 1 saturated heterocycles. The van der Waals surface area contributed by atoms with E-state index in [1.165, 1.54) is 5.56 Å². The van der Waals surface area contributed by atoms with Crippen LogP contribution in [0.25, 0.3) is 0 Å². The summed E-state index contributed by atoms with van der Waals surface area (Å²) in [5, 5.41) is 9.01. The third kappa shape index (κ3) is 5.27. The summed E-state index contributed by atoms with van der Waals surface area (Å²) in [6, 6.07) is 15.6. The molecule has 3 aromatic carbocycles. The third-order valence-electron chi connectivity index (χ3n) is 9.94. The van der Waals surface area contributed by atoms with E-state index in [4.69, 9.17) is 33.2 Å². The summed E-state index contributed by atoms with van der Waals surface area (Å²) in [7, 11) is 4.71. The van der Waals surface area contributed by atoms with Crippen molar-refractivity contribution in [3.63, 3.8) is 0 Å². The van der Waals surface area contributed by atoms with E-state index in [0.717, 1.165) is 28.9 Å². The lowest BCUT2D eigenvalue weighted by Gasteiger charge is -2.39. The van der Waals surface area contributed by atoms with Gasteiger partial charge in [-0.1, -0.05) is 38.1 Å². The van der Waals surface area contributed by atoms with Crippen molar-refractivity contribution in [2.45, 2.75) is 51.2 Å². The number of hydrogen-bond donors (Lipinski definition) is 0. The maximum Gasteiger partial charge on any atom is 0.310 e. The number of aromatic nitrogens is 3. The topological polar surface area (TPSA) is 112 Å². The van der Waals surface area contributed by atoms with Gasteiger partial charge in [-0.05, 0) is 70.5 Å². The lowest BCUT2D eigenvalue weighted by atomic mass is 9.65. The SMILES string of the molecule is CCC(C)(C)c1ccc(OCc2cn([C@H]3c4cc5c(cc4[C@@H](c4cc(OC)c(OC)c(OC)c4)[C@H]4C(=O)OC[C@@H]43)OCO5)nn2)cc1. The molecule has 0 bridgehead atoms. The Balaban J connectivity index is 1.26. The van der Waals surface area contributed by atoms with E-state index in [0.29, 0.717) is 34.4 Å². The van der Waals surface area contributed by atoms with E-state index in [-0.39, 0.29) is 43.4 Å². The van der Waals surface area contributed by atoms with E-state index < -0.39 is 11.8 Å². The monoisotopic (exact) mass is 641 g/mol. The van der Waals surface area contributed by atoms with Gasteiger partial charge < -0.3 is 33.2 Å². The molecule has 4 atom stereocenters.